The van der Waals surface area contributed by atoms with Crippen LogP contribution < -0.4 is 4.74 Å². The molecule has 1 aromatic carbocycles. The molecule has 0 bridgehead atoms. The Kier molecular flexibility index (Phi) is 4.86. The standard InChI is InChI=1S/C15H17FN2O/c1-18(12-14-4-2-3-9-17-14)10-11-19-15-7-5-13(16)6-8-15/h2-9H,10-12H2,1H3. The fourth-order valence-corrected chi connectivity index (χ4v) is 1.70. The molecule has 0 aliphatic rings. The molecule has 3 nitrogen and oxygen atoms in total. The van der Waals surface area contributed by atoms with Crippen LogP contribution in [0.1, 0.15) is 5.69 Å². The molecule has 0 N–H and O–H groups in total. The molecule has 19 heavy (non-hydrogen) atoms. The van der Waals surface area contributed by atoms with Gasteiger partial charge in [0.05, 0.1) is 5.69 Å². The third-order valence-electron chi connectivity index (χ3n) is 2.71. The maximum Gasteiger partial charge on any atom is 0.123 e. The van der Waals surface area contributed by atoms with Crippen molar-refractivity contribution in [1.82, 2.24) is 9.88 Å². The Morgan fingerprint density at radius 2 is 1.95 bits per heavy atom. The zero-order chi connectivity index (χ0) is 13.5. The molecule has 0 saturated carbocycles. The van der Waals surface area contributed by atoms with E-state index in [2.05, 4.69) is 9.88 Å². The quantitative estimate of drug-likeness (QED) is 0.798. The lowest BCUT2D eigenvalue weighted by Crippen LogP contribution is -2.24. The third-order valence-corrected chi connectivity index (χ3v) is 2.71. The van der Waals surface area contributed by atoms with Crippen molar-refractivity contribution in [1.29, 1.82) is 0 Å². The first-order valence-corrected chi connectivity index (χ1v) is 6.21. The van der Waals surface area contributed by atoms with Crippen LogP contribution in [-0.2, 0) is 6.54 Å². The van der Waals surface area contributed by atoms with Crippen LogP contribution in [-0.4, -0.2) is 30.1 Å². The summed E-state index contributed by atoms with van der Waals surface area (Å²) in [6, 6.07) is 11.9. The van der Waals surface area contributed by atoms with Gasteiger partial charge in [0.1, 0.15) is 18.2 Å². The van der Waals surface area contributed by atoms with E-state index in [1.807, 2.05) is 25.2 Å². The Labute approximate surface area is 112 Å². The first-order chi connectivity index (χ1) is 9.24. The highest BCUT2D eigenvalue weighted by molar-refractivity contribution is 5.21. The fourth-order valence-electron chi connectivity index (χ4n) is 1.70. The van der Waals surface area contributed by atoms with Gasteiger partial charge in [0.2, 0.25) is 0 Å². The van der Waals surface area contributed by atoms with E-state index in [9.17, 15) is 4.39 Å². The monoisotopic (exact) mass is 260 g/mol. The zero-order valence-corrected chi connectivity index (χ0v) is 10.9. The lowest BCUT2D eigenvalue weighted by Gasteiger charge is -2.16. The molecule has 4 heteroatoms. The summed E-state index contributed by atoms with van der Waals surface area (Å²) in [4.78, 5) is 6.40. The van der Waals surface area contributed by atoms with Gasteiger partial charge >= 0.3 is 0 Å². The van der Waals surface area contributed by atoms with E-state index in [0.717, 1.165) is 18.8 Å². The number of hydrogen-bond donors (Lipinski definition) is 0. The van der Waals surface area contributed by atoms with Gasteiger partial charge in [-0.05, 0) is 43.4 Å². The number of rotatable bonds is 6. The number of ether oxygens (including phenoxy) is 1. The van der Waals surface area contributed by atoms with Crippen molar-refractivity contribution in [3.63, 3.8) is 0 Å². The van der Waals surface area contributed by atoms with Crippen molar-refractivity contribution in [2.45, 2.75) is 6.54 Å². The summed E-state index contributed by atoms with van der Waals surface area (Å²) in [7, 11) is 2.02. The molecule has 0 aliphatic heterocycles. The Balaban J connectivity index is 1.72. The highest BCUT2D eigenvalue weighted by atomic mass is 19.1. The molecular formula is C15H17FN2O. The van der Waals surface area contributed by atoms with Gasteiger partial charge in [-0.1, -0.05) is 6.07 Å². The minimum Gasteiger partial charge on any atom is -0.492 e. The molecule has 0 amide bonds. The Hall–Kier alpha value is -1.94. The van der Waals surface area contributed by atoms with Gasteiger partial charge < -0.3 is 4.74 Å². The fraction of sp³-hybridized carbons (Fsp3) is 0.267. The molecule has 0 aliphatic carbocycles. The Morgan fingerprint density at radius 1 is 1.16 bits per heavy atom. The van der Waals surface area contributed by atoms with Crippen LogP contribution in [0.5, 0.6) is 5.75 Å². The van der Waals surface area contributed by atoms with Gasteiger partial charge in [-0.15, -0.1) is 0 Å². The van der Waals surface area contributed by atoms with E-state index in [0.29, 0.717) is 12.4 Å². The molecule has 0 unspecified atom stereocenters. The van der Waals surface area contributed by atoms with Crippen molar-refractivity contribution >= 4 is 0 Å². The van der Waals surface area contributed by atoms with E-state index >= 15 is 0 Å². The predicted molar refractivity (Wildman–Crippen MR) is 72.5 cm³/mol. The number of pyridine rings is 1. The van der Waals surface area contributed by atoms with E-state index in [1.54, 1.807) is 18.3 Å². The largest absolute Gasteiger partial charge is 0.492 e. The van der Waals surface area contributed by atoms with Gasteiger partial charge in [-0.25, -0.2) is 4.39 Å². The highest BCUT2D eigenvalue weighted by Gasteiger charge is 2.01. The molecular weight excluding hydrogens is 243 g/mol. The normalized spacial score (nSPS) is 10.7. The summed E-state index contributed by atoms with van der Waals surface area (Å²) in [6.45, 7) is 2.14. The summed E-state index contributed by atoms with van der Waals surface area (Å²) in [5.74, 6) is 0.437. The van der Waals surface area contributed by atoms with Crippen molar-refractivity contribution in [2.24, 2.45) is 0 Å². The molecule has 1 heterocycles. The van der Waals surface area contributed by atoms with Crippen LogP contribution in [0.4, 0.5) is 4.39 Å². The predicted octanol–water partition coefficient (Wildman–Crippen LogP) is 2.73. The average Bonchev–Trinajstić information content (AvgIpc) is 2.42. The first-order valence-electron chi connectivity index (χ1n) is 6.21. The number of halogens is 1. The van der Waals surface area contributed by atoms with Gasteiger partial charge in [0, 0.05) is 19.3 Å². The van der Waals surface area contributed by atoms with E-state index in [-0.39, 0.29) is 5.82 Å². The van der Waals surface area contributed by atoms with Crippen molar-refractivity contribution < 1.29 is 9.13 Å². The number of benzene rings is 1. The minimum absolute atomic E-state index is 0.250. The van der Waals surface area contributed by atoms with Crippen LogP contribution in [0.2, 0.25) is 0 Å². The molecule has 0 saturated heterocycles. The first kappa shape index (κ1) is 13.5. The summed E-state index contributed by atoms with van der Waals surface area (Å²) in [6.07, 6.45) is 1.79. The Bertz CT molecular complexity index is 487. The number of nitrogens with zero attached hydrogens (tertiary/aromatic N) is 2. The van der Waals surface area contributed by atoms with Gasteiger partial charge in [-0.3, -0.25) is 9.88 Å². The topological polar surface area (TPSA) is 25.4 Å². The summed E-state index contributed by atoms with van der Waals surface area (Å²) in [5.41, 5.74) is 1.03. The van der Waals surface area contributed by atoms with Gasteiger partial charge in [-0.2, -0.15) is 0 Å². The smallest absolute Gasteiger partial charge is 0.123 e. The molecule has 0 atom stereocenters. The van der Waals surface area contributed by atoms with Crippen molar-refractivity contribution in [3.05, 3.63) is 60.2 Å². The van der Waals surface area contributed by atoms with Crippen LogP contribution in [0.15, 0.2) is 48.7 Å². The van der Waals surface area contributed by atoms with E-state index < -0.39 is 0 Å². The van der Waals surface area contributed by atoms with E-state index in [1.165, 1.54) is 12.1 Å². The lowest BCUT2D eigenvalue weighted by atomic mass is 10.3. The molecule has 1 aromatic heterocycles. The number of likely N-dealkylation sites (N-methyl/N-ethyl adjacent to an activating group) is 1. The zero-order valence-electron chi connectivity index (χ0n) is 10.9. The van der Waals surface area contributed by atoms with Crippen LogP contribution in [0, 0.1) is 5.82 Å². The number of hydrogen-bond acceptors (Lipinski definition) is 3. The molecule has 100 valence electrons. The summed E-state index contributed by atoms with van der Waals surface area (Å²) >= 11 is 0. The molecule has 2 rings (SSSR count). The molecule has 2 aromatic rings. The van der Waals surface area contributed by atoms with Crippen molar-refractivity contribution in [3.8, 4) is 5.75 Å². The van der Waals surface area contributed by atoms with Crippen LogP contribution in [0.25, 0.3) is 0 Å². The second-order valence-corrected chi connectivity index (χ2v) is 4.36. The Morgan fingerprint density at radius 3 is 2.63 bits per heavy atom. The van der Waals surface area contributed by atoms with Crippen LogP contribution >= 0.6 is 0 Å². The van der Waals surface area contributed by atoms with Gasteiger partial charge in [0.25, 0.3) is 0 Å². The van der Waals surface area contributed by atoms with E-state index in [4.69, 9.17) is 4.74 Å². The lowest BCUT2D eigenvalue weighted by molar-refractivity contribution is 0.231. The second-order valence-electron chi connectivity index (χ2n) is 4.36. The van der Waals surface area contributed by atoms with Gasteiger partial charge in [0.15, 0.2) is 0 Å². The molecule has 0 radical (unpaired) electrons. The second kappa shape index (κ2) is 6.85. The van der Waals surface area contributed by atoms with Crippen molar-refractivity contribution in [2.75, 3.05) is 20.2 Å². The van der Waals surface area contributed by atoms with Crippen LogP contribution in [0.3, 0.4) is 0 Å². The maximum atomic E-state index is 12.7. The third kappa shape index (κ3) is 4.67. The SMILES string of the molecule is CN(CCOc1ccc(F)cc1)Cc1ccccn1. The molecule has 0 spiro atoms. The summed E-state index contributed by atoms with van der Waals surface area (Å²) < 4.78 is 18.2. The minimum atomic E-state index is -0.250. The maximum absolute atomic E-state index is 12.7. The highest BCUT2D eigenvalue weighted by Crippen LogP contribution is 2.10. The number of aromatic nitrogens is 1. The molecule has 0 fully saturated rings. The summed E-state index contributed by atoms with van der Waals surface area (Å²) in [5, 5.41) is 0. The average molecular weight is 260 g/mol.